The fourth-order valence-corrected chi connectivity index (χ4v) is 3.20. The van der Waals surface area contributed by atoms with Crippen molar-refractivity contribution in [3.63, 3.8) is 0 Å². The van der Waals surface area contributed by atoms with E-state index in [1.165, 1.54) is 13.0 Å². The molecule has 0 fully saturated rings. The zero-order chi connectivity index (χ0) is 16.0. The van der Waals surface area contributed by atoms with Crippen LogP contribution in [0.15, 0.2) is 60.8 Å². The van der Waals surface area contributed by atoms with Crippen molar-refractivity contribution in [2.75, 3.05) is 0 Å². The van der Waals surface area contributed by atoms with Crippen LogP contribution in [0.25, 0.3) is 16.7 Å². The fraction of sp³-hybridized carbons (Fsp3) is 0.105. The van der Waals surface area contributed by atoms with Crippen molar-refractivity contribution in [3.05, 3.63) is 77.0 Å². The van der Waals surface area contributed by atoms with Crippen LogP contribution in [0.3, 0.4) is 0 Å². The molecule has 2 heterocycles. The Labute approximate surface area is 138 Å². The normalized spacial score (nSPS) is 18.2. The monoisotopic (exact) mass is 323 g/mol. The topological polar surface area (TPSA) is 31.2 Å². The molecule has 2 aromatic carbocycles. The molecule has 0 spiro atoms. The van der Waals surface area contributed by atoms with E-state index < -0.39 is 0 Å². The van der Waals surface area contributed by atoms with Gasteiger partial charge in [0.15, 0.2) is 5.78 Å². The molecule has 114 valence electrons. The molecule has 0 bridgehead atoms. The highest BCUT2D eigenvalue weighted by atomic mass is 35.5. The summed E-state index contributed by atoms with van der Waals surface area (Å²) >= 11 is 6.17. The van der Waals surface area contributed by atoms with E-state index >= 15 is 0 Å². The van der Waals surface area contributed by atoms with Crippen molar-refractivity contribution in [1.29, 1.82) is 0 Å². The Morgan fingerprint density at radius 1 is 1.22 bits per heavy atom. The number of allylic oxidation sites excluding steroid dienone is 1. The summed E-state index contributed by atoms with van der Waals surface area (Å²) in [5.41, 5.74) is 2.95. The standard InChI is InChI=1S/C19H14ClNO2/c1-12(22)10-18-15-7-6-14(20)11-16(15)19(23-18)21-9-8-13-4-2-3-5-17(13)21/h2-11,19H,1H3/b18-10-. The molecule has 1 aliphatic rings. The lowest BCUT2D eigenvalue weighted by Gasteiger charge is -2.15. The largest absolute Gasteiger partial charge is 0.465 e. The number of benzene rings is 2. The number of ketones is 1. The lowest BCUT2D eigenvalue weighted by atomic mass is 10.1. The summed E-state index contributed by atoms with van der Waals surface area (Å²) in [7, 11) is 0. The second-order valence-electron chi connectivity index (χ2n) is 5.60. The van der Waals surface area contributed by atoms with Crippen LogP contribution in [-0.2, 0) is 9.53 Å². The van der Waals surface area contributed by atoms with E-state index in [-0.39, 0.29) is 12.0 Å². The van der Waals surface area contributed by atoms with Crippen molar-refractivity contribution in [3.8, 4) is 0 Å². The molecular formula is C19H14ClNO2. The second-order valence-corrected chi connectivity index (χ2v) is 6.04. The molecule has 3 aromatic rings. The van der Waals surface area contributed by atoms with Crippen LogP contribution in [-0.4, -0.2) is 10.4 Å². The van der Waals surface area contributed by atoms with E-state index in [4.69, 9.17) is 16.3 Å². The lowest BCUT2D eigenvalue weighted by molar-refractivity contribution is -0.112. The third-order valence-corrected chi connectivity index (χ3v) is 4.24. The van der Waals surface area contributed by atoms with Gasteiger partial charge in [-0.1, -0.05) is 29.8 Å². The van der Waals surface area contributed by atoms with E-state index in [0.717, 1.165) is 22.0 Å². The molecular weight excluding hydrogens is 310 g/mol. The second kappa shape index (κ2) is 5.28. The Morgan fingerprint density at radius 3 is 2.87 bits per heavy atom. The Balaban J connectivity index is 1.91. The smallest absolute Gasteiger partial charge is 0.203 e. The Kier molecular flexibility index (Phi) is 3.24. The molecule has 0 saturated carbocycles. The summed E-state index contributed by atoms with van der Waals surface area (Å²) in [6.07, 6.45) is 3.20. The summed E-state index contributed by atoms with van der Waals surface area (Å²) in [6, 6.07) is 15.8. The first kappa shape index (κ1) is 14.1. The summed E-state index contributed by atoms with van der Waals surface area (Å²) in [4.78, 5) is 11.5. The summed E-state index contributed by atoms with van der Waals surface area (Å²) in [5.74, 6) is 0.547. The average molecular weight is 324 g/mol. The third-order valence-electron chi connectivity index (χ3n) is 4.00. The van der Waals surface area contributed by atoms with E-state index in [9.17, 15) is 4.79 Å². The average Bonchev–Trinajstić information content (AvgIpc) is 3.08. The van der Waals surface area contributed by atoms with Crippen molar-refractivity contribution in [2.24, 2.45) is 0 Å². The number of rotatable bonds is 2. The highest BCUT2D eigenvalue weighted by molar-refractivity contribution is 6.30. The highest BCUT2D eigenvalue weighted by Gasteiger charge is 2.30. The van der Waals surface area contributed by atoms with Crippen molar-refractivity contribution < 1.29 is 9.53 Å². The molecule has 1 aromatic heterocycles. The van der Waals surface area contributed by atoms with Crippen LogP contribution in [0.2, 0.25) is 5.02 Å². The number of carbonyl (C=O) groups is 1. The third kappa shape index (κ3) is 2.34. The highest BCUT2D eigenvalue weighted by Crippen LogP contribution is 2.41. The van der Waals surface area contributed by atoms with Crippen LogP contribution in [0.5, 0.6) is 0 Å². The fourth-order valence-electron chi connectivity index (χ4n) is 3.02. The number of para-hydroxylation sites is 1. The summed E-state index contributed by atoms with van der Waals surface area (Å²) in [6.45, 7) is 1.52. The maximum absolute atomic E-state index is 11.5. The van der Waals surface area contributed by atoms with Crippen molar-refractivity contribution in [1.82, 2.24) is 4.57 Å². The van der Waals surface area contributed by atoms with E-state index in [2.05, 4.69) is 22.8 Å². The molecule has 1 unspecified atom stereocenters. The first-order chi connectivity index (χ1) is 11.1. The molecule has 1 aliphatic heterocycles. The number of aromatic nitrogens is 1. The number of ether oxygens (including phenoxy) is 1. The predicted molar refractivity (Wildman–Crippen MR) is 91.3 cm³/mol. The van der Waals surface area contributed by atoms with Gasteiger partial charge in [-0.05, 0) is 42.6 Å². The Bertz CT molecular complexity index is 955. The number of hydrogen-bond donors (Lipinski definition) is 0. The van der Waals surface area contributed by atoms with Gasteiger partial charge >= 0.3 is 0 Å². The Morgan fingerprint density at radius 2 is 2.04 bits per heavy atom. The maximum atomic E-state index is 11.5. The zero-order valence-electron chi connectivity index (χ0n) is 12.5. The molecule has 0 radical (unpaired) electrons. The van der Waals surface area contributed by atoms with Crippen LogP contribution in [0, 0.1) is 0 Å². The predicted octanol–water partition coefficient (Wildman–Crippen LogP) is 4.80. The molecule has 4 rings (SSSR count). The lowest BCUT2D eigenvalue weighted by Crippen LogP contribution is -2.07. The summed E-state index contributed by atoms with van der Waals surface area (Å²) in [5, 5.41) is 1.79. The van der Waals surface area contributed by atoms with Crippen molar-refractivity contribution >= 4 is 34.0 Å². The van der Waals surface area contributed by atoms with Gasteiger partial charge in [0.2, 0.25) is 6.23 Å². The van der Waals surface area contributed by atoms with Gasteiger partial charge < -0.3 is 9.30 Å². The first-order valence-electron chi connectivity index (χ1n) is 7.38. The molecule has 0 aliphatic carbocycles. The van der Waals surface area contributed by atoms with E-state index in [0.29, 0.717) is 10.8 Å². The number of hydrogen-bond acceptors (Lipinski definition) is 2. The van der Waals surface area contributed by atoms with Gasteiger partial charge in [-0.2, -0.15) is 0 Å². The van der Waals surface area contributed by atoms with Crippen molar-refractivity contribution in [2.45, 2.75) is 13.2 Å². The van der Waals surface area contributed by atoms with Crippen LogP contribution < -0.4 is 0 Å². The molecule has 4 heteroatoms. The minimum atomic E-state index is -0.325. The molecule has 0 saturated heterocycles. The van der Waals surface area contributed by atoms with Gasteiger partial charge in [-0.3, -0.25) is 4.79 Å². The van der Waals surface area contributed by atoms with E-state index in [1.54, 1.807) is 0 Å². The van der Waals surface area contributed by atoms with Crippen LogP contribution in [0.1, 0.15) is 24.3 Å². The van der Waals surface area contributed by atoms with Gasteiger partial charge in [-0.25, -0.2) is 0 Å². The van der Waals surface area contributed by atoms with Gasteiger partial charge in [0.25, 0.3) is 0 Å². The molecule has 0 N–H and O–H groups in total. The van der Waals surface area contributed by atoms with Gasteiger partial charge in [-0.15, -0.1) is 0 Å². The minimum Gasteiger partial charge on any atom is -0.465 e. The van der Waals surface area contributed by atoms with Gasteiger partial charge in [0.1, 0.15) is 5.76 Å². The van der Waals surface area contributed by atoms with Gasteiger partial charge in [0, 0.05) is 28.4 Å². The number of halogens is 1. The number of nitrogens with zero attached hydrogens (tertiary/aromatic N) is 1. The van der Waals surface area contributed by atoms with Gasteiger partial charge in [0.05, 0.1) is 5.52 Å². The first-order valence-corrected chi connectivity index (χ1v) is 7.75. The Hall–Kier alpha value is -2.52. The zero-order valence-corrected chi connectivity index (χ0v) is 13.2. The molecule has 0 amide bonds. The number of fused-ring (bicyclic) bond motifs is 2. The summed E-state index contributed by atoms with van der Waals surface area (Å²) < 4.78 is 8.16. The molecule has 3 nitrogen and oxygen atoms in total. The maximum Gasteiger partial charge on any atom is 0.203 e. The van der Waals surface area contributed by atoms with Crippen LogP contribution >= 0.6 is 11.6 Å². The van der Waals surface area contributed by atoms with E-state index in [1.807, 2.05) is 36.5 Å². The number of carbonyl (C=O) groups excluding carboxylic acids is 1. The van der Waals surface area contributed by atoms with Crippen LogP contribution in [0.4, 0.5) is 0 Å². The minimum absolute atomic E-state index is 0.0427. The molecule has 1 atom stereocenters. The molecule has 23 heavy (non-hydrogen) atoms. The SMILES string of the molecule is CC(=O)/C=C1\OC(n2ccc3ccccc32)c2cc(Cl)ccc21. The quantitative estimate of drug-likeness (QED) is 0.634.